The van der Waals surface area contributed by atoms with Crippen LogP contribution in [-0.4, -0.2) is 14.7 Å². The van der Waals surface area contributed by atoms with E-state index in [1.807, 2.05) is 18.3 Å². The first-order chi connectivity index (χ1) is 7.21. The summed E-state index contributed by atoms with van der Waals surface area (Å²) < 4.78 is 6.84. The summed E-state index contributed by atoms with van der Waals surface area (Å²) in [6, 6.07) is 3.99. The van der Waals surface area contributed by atoms with E-state index in [0.29, 0.717) is 9.76 Å². The van der Waals surface area contributed by atoms with E-state index in [0.717, 1.165) is 10.2 Å². The van der Waals surface area contributed by atoms with Crippen LogP contribution in [0.15, 0.2) is 22.9 Å². The van der Waals surface area contributed by atoms with Gasteiger partial charge in [0, 0.05) is 11.8 Å². The average molecular weight is 300 g/mol. The van der Waals surface area contributed by atoms with Crippen LogP contribution < -0.4 is 0 Å². The monoisotopic (exact) mass is 299 g/mol. The lowest BCUT2D eigenvalue weighted by Gasteiger charge is -2.29. The second-order valence-electron chi connectivity index (χ2n) is 5.33. The van der Waals surface area contributed by atoms with E-state index in [-0.39, 0.29) is 10.6 Å². The Kier molecular flexibility index (Phi) is 4.32. The molecule has 2 radical (unpaired) electrons. The number of aromatic nitrogens is 1. The molecule has 0 N–H and O–H groups in total. The maximum Gasteiger partial charge on any atom is 0.236 e. The Labute approximate surface area is 109 Å². The summed E-state index contributed by atoms with van der Waals surface area (Å²) in [5, 5.41) is 0.208. The molecule has 0 amide bonds. The fourth-order valence-electron chi connectivity index (χ4n) is 1.07. The molecule has 0 aliphatic rings. The third-order valence-corrected chi connectivity index (χ3v) is 3.73. The van der Waals surface area contributed by atoms with E-state index >= 15 is 0 Å². The number of hydrogen-bond donors (Lipinski definition) is 0. The number of hydrogen-bond acceptors (Lipinski definition) is 2. The van der Waals surface area contributed by atoms with Gasteiger partial charge >= 0.3 is 0 Å². The van der Waals surface area contributed by atoms with Gasteiger partial charge in [-0.2, -0.15) is 0 Å². The van der Waals surface area contributed by atoms with Gasteiger partial charge in [0.15, 0.2) is 0 Å². The molecule has 1 aromatic heterocycles. The van der Waals surface area contributed by atoms with Crippen LogP contribution >= 0.6 is 15.9 Å². The number of halogens is 1. The topological polar surface area (TPSA) is 22.1 Å². The van der Waals surface area contributed by atoms with Crippen molar-refractivity contribution in [3.63, 3.8) is 0 Å². The van der Waals surface area contributed by atoms with Crippen LogP contribution in [0.1, 0.15) is 40.2 Å². The number of nitrogens with zero attached hydrogens (tertiary/aromatic N) is 1. The zero-order valence-electron chi connectivity index (χ0n) is 10.5. The van der Waals surface area contributed by atoms with Gasteiger partial charge in [-0.3, -0.25) is 0 Å². The highest BCUT2D eigenvalue weighted by Crippen LogP contribution is 2.29. The molecule has 4 heteroatoms. The molecule has 16 heavy (non-hydrogen) atoms. The largest absolute Gasteiger partial charge is 0.408 e. The van der Waals surface area contributed by atoms with E-state index in [1.165, 1.54) is 0 Å². The highest BCUT2D eigenvalue weighted by Gasteiger charge is 2.25. The standard InChI is InChI=1S/C12H18BrNOSi/c1-11(2,3)16-15-12(4,5)9-6-7-10(13)14-8-9/h6-8H,1-5H3. The van der Waals surface area contributed by atoms with Crippen LogP contribution in [0, 0.1) is 0 Å². The smallest absolute Gasteiger partial charge is 0.236 e. The number of pyridine rings is 1. The molecule has 0 fully saturated rings. The Morgan fingerprint density at radius 1 is 1.19 bits per heavy atom. The minimum atomic E-state index is -0.278. The molecule has 0 atom stereocenters. The van der Waals surface area contributed by atoms with Crippen LogP contribution in [0.2, 0.25) is 5.04 Å². The molecule has 0 spiro atoms. The van der Waals surface area contributed by atoms with Crippen LogP contribution in [0.3, 0.4) is 0 Å². The lowest BCUT2D eigenvalue weighted by Crippen LogP contribution is -2.27. The van der Waals surface area contributed by atoms with Crippen molar-refractivity contribution < 1.29 is 4.43 Å². The van der Waals surface area contributed by atoms with Crippen molar-refractivity contribution >= 4 is 25.7 Å². The van der Waals surface area contributed by atoms with E-state index in [9.17, 15) is 0 Å². The molecule has 1 heterocycles. The summed E-state index contributed by atoms with van der Waals surface area (Å²) in [6.07, 6.45) is 1.86. The highest BCUT2D eigenvalue weighted by atomic mass is 79.9. The maximum absolute atomic E-state index is 5.99. The molecule has 0 bridgehead atoms. The Bertz CT molecular complexity index is 343. The van der Waals surface area contributed by atoms with Gasteiger partial charge in [-0.05, 0) is 40.9 Å². The predicted molar refractivity (Wildman–Crippen MR) is 71.5 cm³/mol. The van der Waals surface area contributed by atoms with Crippen molar-refractivity contribution in [2.75, 3.05) is 0 Å². The van der Waals surface area contributed by atoms with Gasteiger partial charge in [-0.1, -0.05) is 26.8 Å². The summed E-state index contributed by atoms with van der Waals surface area (Å²) in [4.78, 5) is 4.23. The highest BCUT2D eigenvalue weighted by molar-refractivity contribution is 9.10. The predicted octanol–water partition coefficient (Wildman–Crippen LogP) is 3.93. The summed E-state index contributed by atoms with van der Waals surface area (Å²) in [7, 11) is 0.476. The van der Waals surface area contributed by atoms with Gasteiger partial charge < -0.3 is 4.43 Å². The molecule has 1 aromatic rings. The van der Waals surface area contributed by atoms with Gasteiger partial charge in [0.2, 0.25) is 9.76 Å². The lowest BCUT2D eigenvalue weighted by molar-refractivity contribution is 0.109. The molecule has 0 aliphatic carbocycles. The Morgan fingerprint density at radius 2 is 1.81 bits per heavy atom. The SMILES string of the molecule is CC(C)(C)[Si]OC(C)(C)c1ccc(Br)nc1. The maximum atomic E-state index is 5.99. The molecule has 0 saturated heterocycles. The number of rotatable bonds is 3. The zero-order chi connectivity index (χ0) is 12.4. The molecule has 1 rings (SSSR count). The molecule has 2 nitrogen and oxygen atoms in total. The van der Waals surface area contributed by atoms with Crippen molar-refractivity contribution in [3.05, 3.63) is 28.5 Å². The third kappa shape index (κ3) is 4.35. The summed E-state index contributed by atoms with van der Waals surface area (Å²) in [5.41, 5.74) is 0.826. The summed E-state index contributed by atoms with van der Waals surface area (Å²) >= 11 is 3.33. The van der Waals surface area contributed by atoms with E-state index in [2.05, 4.69) is 55.5 Å². The second-order valence-corrected chi connectivity index (χ2v) is 8.05. The van der Waals surface area contributed by atoms with Crippen molar-refractivity contribution in [2.24, 2.45) is 0 Å². The quantitative estimate of drug-likeness (QED) is 0.623. The Hall–Kier alpha value is -0.193. The van der Waals surface area contributed by atoms with Gasteiger partial charge in [0.25, 0.3) is 0 Å². The van der Waals surface area contributed by atoms with Crippen LogP contribution in [0.25, 0.3) is 0 Å². The van der Waals surface area contributed by atoms with Crippen LogP contribution in [0.4, 0.5) is 0 Å². The van der Waals surface area contributed by atoms with Gasteiger partial charge in [0.1, 0.15) is 4.60 Å². The second kappa shape index (κ2) is 4.98. The molecule has 0 saturated carbocycles. The third-order valence-electron chi connectivity index (χ3n) is 2.03. The summed E-state index contributed by atoms with van der Waals surface area (Å²) in [5.74, 6) is 0. The Morgan fingerprint density at radius 3 is 2.25 bits per heavy atom. The molecule has 0 aromatic carbocycles. The lowest BCUT2D eigenvalue weighted by atomic mass is 10.0. The minimum Gasteiger partial charge on any atom is -0.408 e. The normalized spacial score (nSPS) is 12.9. The first-order valence-corrected chi connectivity index (χ1v) is 6.98. The van der Waals surface area contributed by atoms with Crippen molar-refractivity contribution in [1.29, 1.82) is 0 Å². The van der Waals surface area contributed by atoms with Crippen LogP contribution in [-0.2, 0) is 10.0 Å². The fourth-order valence-corrected chi connectivity index (χ4v) is 1.99. The molecular weight excluding hydrogens is 282 g/mol. The molecule has 0 unspecified atom stereocenters. The van der Waals surface area contributed by atoms with Gasteiger partial charge in [-0.25, -0.2) is 4.98 Å². The van der Waals surface area contributed by atoms with E-state index < -0.39 is 0 Å². The van der Waals surface area contributed by atoms with Gasteiger partial charge in [0.05, 0.1) is 5.60 Å². The average Bonchev–Trinajstić information content (AvgIpc) is 2.15. The minimum absolute atomic E-state index is 0.208. The molecule has 88 valence electrons. The molecule has 0 aliphatic heterocycles. The van der Waals surface area contributed by atoms with E-state index in [1.54, 1.807) is 0 Å². The fraction of sp³-hybridized carbons (Fsp3) is 0.583. The van der Waals surface area contributed by atoms with Crippen molar-refractivity contribution in [2.45, 2.75) is 45.3 Å². The Balaban J connectivity index is 2.73. The first-order valence-electron chi connectivity index (χ1n) is 5.28. The zero-order valence-corrected chi connectivity index (χ0v) is 13.1. The summed E-state index contributed by atoms with van der Waals surface area (Å²) in [6.45, 7) is 10.7. The van der Waals surface area contributed by atoms with Crippen molar-refractivity contribution in [1.82, 2.24) is 4.98 Å². The van der Waals surface area contributed by atoms with Gasteiger partial charge in [-0.15, -0.1) is 0 Å². The first kappa shape index (κ1) is 13.9. The van der Waals surface area contributed by atoms with Crippen LogP contribution in [0.5, 0.6) is 0 Å². The van der Waals surface area contributed by atoms with Crippen molar-refractivity contribution in [3.8, 4) is 0 Å². The van der Waals surface area contributed by atoms with E-state index in [4.69, 9.17) is 4.43 Å². The molecular formula is C12H18BrNOSi.